The maximum atomic E-state index is 13.0. The van der Waals surface area contributed by atoms with E-state index in [1.165, 1.54) is 18.2 Å². The van der Waals surface area contributed by atoms with E-state index in [2.05, 4.69) is 5.32 Å². The number of halogens is 3. The van der Waals surface area contributed by atoms with E-state index in [0.29, 0.717) is 13.2 Å². The van der Waals surface area contributed by atoms with Gasteiger partial charge in [0.05, 0.1) is 11.1 Å². The molecule has 2 aliphatic rings. The number of amides is 1. The van der Waals surface area contributed by atoms with Gasteiger partial charge in [-0.05, 0) is 43.2 Å². The van der Waals surface area contributed by atoms with Gasteiger partial charge in [-0.25, -0.2) is 0 Å². The number of benzene rings is 1. The van der Waals surface area contributed by atoms with E-state index in [1.54, 1.807) is 0 Å². The van der Waals surface area contributed by atoms with Crippen LogP contribution in [-0.4, -0.2) is 25.2 Å². The zero-order valence-corrected chi connectivity index (χ0v) is 12.1. The average Bonchev–Trinajstić information content (AvgIpc) is 2.51. The van der Waals surface area contributed by atoms with Gasteiger partial charge in [0, 0.05) is 19.3 Å². The first-order valence-corrected chi connectivity index (χ1v) is 7.47. The van der Waals surface area contributed by atoms with Crippen LogP contribution >= 0.6 is 0 Å². The Kier molecular flexibility index (Phi) is 3.89. The third-order valence-electron chi connectivity index (χ3n) is 4.94. The highest BCUT2D eigenvalue weighted by molar-refractivity contribution is 5.96. The van der Waals surface area contributed by atoms with Crippen molar-refractivity contribution in [2.24, 2.45) is 5.41 Å². The highest BCUT2D eigenvalue weighted by Crippen LogP contribution is 2.48. The van der Waals surface area contributed by atoms with E-state index in [9.17, 15) is 18.0 Å². The summed E-state index contributed by atoms with van der Waals surface area (Å²) in [5.74, 6) is -0.636. The van der Waals surface area contributed by atoms with Gasteiger partial charge in [0.25, 0.3) is 5.91 Å². The van der Waals surface area contributed by atoms with Crippen LogP contribution in [0.1, 0.15) is 41.6 Å². The summed E-state index contributed by atoms with van der Waals surface area (Å²) in [4.78, 5) is 12.3. The lowest BCUT2D eigenvalue weighted by Gasteiger charge is -2.52. The van der Waals surface area contributed by atoms with E-state index in [1.807, 2.05) is 0 Å². The maximum Gasteiger partial charge on any atom is 0.417 e. The number of hydrogen-bond donors (Lipinski definition) is 1. The Morgan fingerprint density at radius 2 is 1.86 bits per heavy atom. The minimum Gasteiger partial charge on any atom is -0.381 e. The fourth-order valence-electron chi connectivity index (χ4n) is 3.46. The number of hydrogen-bond acceptors (Lipinski definition) is 2. The molecule has 1 amide bonds. The highest BCUT2D eigenvalue weighted by atomic mass is 19.4. The Balaban J connectivity index is 1.76. The van der Waals surface area contributed by atoms with Crippen LogP contribution in [0.5, 0.6) is 0 Å². The normalized spacial score (nSPS) is 23.9. The van der Waals surface area contributed by atoms with Crippen molar-refractivity contribution in [3.63, 3.8) is 0 Å². The molecule has 1 saturated heterocycles. The minimum atomic E-state index is -4.52. The molecular formula is C16H18F3NO2. The predicted octanol–water partition coefficient (Wildman–Crippen LogP) is 3.39. The summed E-state index contributed by atoms with van der Waals surface area (Å²) in [7, 11) is 0. The van der Waals surface area contributed by atoms with Crippen LogP contribution in [0.15, 0.2) is 24.3 Å². The van der Waals surface area contributed by atoms with E-state index in [0.717, 1.165) is 31.7 Å². The first-order chi connectivity index (χ1) is 10.4. The lowest BCUT2D eigenvalue weighted by molar-refractivity contribution is -0.138. The molecule has 1 N–H and O–H groups in total. The molecule has 1 saturated carbocycles. The second-order valence-corrected chi connectivity index (χ2v) is 6.08. The topological polar surface area (TPSA) is 38.3 Å². The number of ether oxygens (including phenoxy) is 1. The summed E-state index contributed by atoms with van der Waals surface area (Å²) >= 11 is 0. The Hall–Kier alpha value is -1.56. The van der Waals surface area contributed by atoms with Crippen molar-refractivity contribution >= 4 is 5.91 Å². The molecule has 1 aromatic rings. The van der Waals surface area contributed by atoms with Gasteiger partial charge >= 0.3 is 6.18 Å². The van der Waals surface area contributed by atoms with Gasteiger partial charge in [-0.15, -0.1) is 0 Å². The second-order valence-electron chi connectivity index (χ2n) is 6.08. The van der Waals surface area contributed by atoms with Gasteiger partial charge in [-0.2, -0.15) is 13.2 Å². The van der Waals surface area contributed by atoms with Crippen molar-refractivity contribution in [2.75, 3.05) is 13.2 Å². The molecule has 1 aromatic carbocycles. The van der Waals surface area contributed by atoms with Crippen molar-refractivity contribution in [3.8, 4) is 0 Å². The van der Waals surface area contributed by atoms with Crippen molar-refractivity contribution < 1.29 is 22.7 Å². The standard InChI is InChI=1S/C16H18F3NO2/c17-16(18,19)12-4-2-1-3-11(12)14(21)20-13-5-6-15(13)7-9-22-10-8-15/h1-4,13H,5-10H2,(H,20,21). The van der Waals surface area contributed by atoms with Crippen LogP contribution in [0, 0.1) is 5.41 Å². The molecule has 120 valence electrons. The molecule has 0 bridgehead atoms. The fourth-order valence-corrected chi connectivity index (χ4v) is 3.46. The summed E-state index contributed by atoms with van der Waals surface area (Å²) in [5, 5.41) is 2.81. The van der Waals surface area contributed by atoms with Crippen LogP contribution in [-0.2, 0) is 10.9 Å². The van der Waals surface area contributed by atoms with Gasteiger partial charge in [0.1, 0.15) is 0 Å². The van der Waals surface area contributed by atoms with Crippen LogP contribution in [0.4, 0.5) is 13.2 Å². The molecule has 1 unspecified atom stereocenters. The smallest absolute Gasteiger partial charge is 0.381 e. The van der Waals surface area contributed by atoms with Gasteiger partial charge in [0.2, 0.25) is 0 Å². The summed E-state index contributed by atoms with van der Waals surface area (Å²) in [6.07, 6.45) is -0.982. The SMILES string of the molecule is O=C(NC1CCC12CCOCC2)c1ccccc1C(F)(F)F. The Morgan fingerprint density at radius 1 is 1.18 bits per heavy atom. The summed E-state index contributed by atoms with van der Waals surface area (Å²) in [6.45, 7) is 1.32. The number of rotatable bonds is 2. The van der Waals surface area contributed by atoms with Crippen LogP contribution in [0.3, 0.4) is 0 Å². The zero-order chi connectivity index (χ0) is 15.8. The van der Waals surface area contributed by atoms with Gasteiger partial charge in [0.15, 0.2) is 0 Å². The molecule has 1 heterocycles. The molecule has 3 rings (SSSR count). The first-order valence-electron chi connectivity index (χ1n) is 7.47. The number of carbonyl (C=O) groups is 1. The van der Waals surface area contributed by atoms with E-state index in [4.69, 9.17) is 4.74 Å². The third-order valence-corrected chi connectivity index (χ3v) is 4.94. The fraction of sp³-hybridized carbons (Fsp3) is 0.562. The molecule has 0 radical (unpaired) electrons. The monoisotopic (exact) mass is 313 g/mol. The average molecular weight is 313 g/mol. The van der Waals surface area contributed by atoms with Crippen LogP contribution < -0.4 is 5.32 Å². The van der Waals surface area contributed by atoms with Crippen molar-refractivity contribution in [1.29, 1.82) is 0 Å². The molecular weight excluding hydrogens is 295 g/mol. The molecule has 22 heavy (non-hydrogen) atoms. The van der Waals surface area contributed by atoms with Crippen molar-refractivity contribution in [1.82, 2.24) is 5.32 Å². The summed E-state index contributed by atoms with van der Waals surface area (Å²) in [6, 6.07) is 4.87. The summed E-state index contributed by atoms with van der Waals surface area (Å²) in [5.41, 5.74) is -1.17. The zero-order valence-electron chi connectivity index (χ0n) is 12.1. The molecule has 3 nitrogen and oxygen atoms in total. The van der Waals surface area contributed by atoms with Gasteiger partial charge < -0.3 is 10.1 Å². The lowest BCUT2D eigenvalue weighted by atomic mass is 9.60. The largest absolute Gasteiger partial charge is 0.417 e. The minimum absolute atomic E-state index is 0.0150. The molecule has 0 aromatic heterocycles. The number of alkyl halides is 3. The quantitative estimate of drug-likeness (QED) is 0.909. The van der Waals surface area contributed by atoms with Crippen molar-refractivity contribution in [3.05, 3.63) is 35.4 Å². The Labute approximate surface area is 126 Å². The lowest BCUT2D eigenvalue weighted by Crippen LogP contribution is -2.57. The van der Waals surface area contributed by atoms with E-state index < -0.39 is 17.6 Å². The van der Waals surface area contributed by atoms with Gasteiger partial charge in [-0.3, -0.25) is 4.79 Å². The highest BCUT2D eigenvalue weighted by Gasteiger charge is 2.48. The molecule has 6 heteroatoms. The van der Waals surface area contributed by atoms with E-state index >= 15 is 0 Å². The maximum absolute atomic E-state index is 13.0. The molecule has 2 fully saturated rings. The Morgan fingerprint density at radius 3 is 2.45 bits per heavy atom. The third kappa shape index (κ3) is 2.72. The Bertz CT molecular complexity index is 565. The second kappa shape index (κ2) is 5.57. The van der Waals surface area contributed by atoms with Crippen LogP contribution in [0.2, 0.25) is 0 Å². The summed E-state index contributed by atoms with van der Waals surface area (Å²) < 4.78 is 44.3. The van der Waals surface area contributed by atoms with Gasteiger partial charge in [-0.1, -0.05) is 12.1 Å². The first kappa shape index (κ1) is 15.3. The number of carbonyl (C=O) groups excluding carboxylic acids is 1. The van der Waals surface area contributed by atoms with Crippen molar-refractivity contribution in [2.45, 2.75) is 37.9 Å². The predicted molar refractivity (Wildman–Crippen MR) is 74.4 cm³/mol. The number of nitrogens with one attached hydrogen (secondary N) is 1. The molecule has 1 aliphatic heterocycles. The molecule has 1 spiro atoms. The van der Waals surface area contributed by atoms with E-state index in [-0.39, 0.29) is 17.0 Å². The molecule has 1 atom stereocenters. The molecule has 1 aliphatic carbocycles. The van der Waals surface area contributed by atoms with Crippen LogP contribution in [0.25, 0.3) is 0 Å².